The molecule has 2 nitrogen and oxygen atoms in total. The molecule has 2 rings (SSSR count). The molecule has 0 heterocycles. The van der Waals surface area contributed by atoms with Crippen molar-refractivity contribution in [3.05, 3.63) is 30.1 Å². The Labute approximate surface area is 90.2 Å². The topological polar surface area (TPSA) is 35.2 Å². The number of halogens is 1. The number of ether oxygens (including phenoxy) is 1. The maximum absolute atomic E-state index is 13.0. The minimum atomic E-state index is -0.262. The SMILES string of the molecule is CN.Fc1ccccc1OCC1CCC1. The summed E-state index contributed by atoms with van der Waals surface area (Å²) in [6.07, 6.45) is 3.76. The first-order valence-corrected chi connectivity index (χ1v) is 5.31. The molecule has 0 saturated heterocycles. The van der Waals surface area contributed by atoms with Crippen LogP contribution >= 0.6 is 0 Å². The number of hydrogen-bond acceptors (Lipinski definition) is 2. The van der Waals surface area contributed by atoms with E-state index in [1.807, 2.05) is 0 Å². The van der Waals surface area contributed by atoms with Crippen LogP contribution < -0.4 is 10.5 Å². The van der Waals surface area contributed by atoms with Gasteiger partial charge in [0.15, 0.2) is 11.6 Å². The van der Waals surface area contributed by atoms with Crippen LogP contribution in [-0.2, 0) is 0 Å². The molecule has 0 amide bonds. The van der Waals surface area contributed by atoms with Gasteiger partial charge in [-0.15, -0.1) is 0 Å². The summed E-state index contributed by atoms with van der Waals surface area (Å²) in [4.78, 5) is 0. The van der Waals surface area contributed by atoms with Gasteiger partial charge in [-0.05, 0) is 37.9 Å². The van der Waals surface area contributed by atoms with Crippen molar-refractivity contribution in [2.45, 2.75) is 19.3 Å². The molecule has 1 saturated carbocycles. The molecule has 1 aromatic rings. The van der Waals surface area contributed by atoms with Gasteiger partial charge in [0.1, 0.15) is 0 Å². The molecule has 0 unspecified atom stereocenters. The second kappa shape index (κ2) is 6.40. The second-order valence-corrected chi connectivity index (χ2v) is 3.54. The van der Waals surface area contributed by atoms with E-state index >= 15 is 0 Å². The van der Waals surface area contributed by atoms with E-state index < -0.39 is 0 Å². The summed E-state index contributed by atoms with van der Waals surface area (Å²) in [5, 5.41) is 0. The Morgan fingerprint density at radius 2 is 2.00 bits per heavy atom. The van der Waals surface area contributed by atoms with Gasteiger partial charge in [0.25, 0.3) is 0 Å². The van der Waals surface area contributed by atoms with Gasteiger partial charge in [-0.1, -0.05) is 18.6 Å². The first-order chi connectivity index (χ1) is 7.36. The van der Waals surface area contributed by atoms with Crippen LogP contribution in [0.5, 0.6) is 5.75 Å². The van der Waals surface area contributed by atoms with Crippen LogP contribution in [0.4, 0.5) is 4.39 Å². The van der Waals surface area contributed by atoms with Gasteiger partial charge < -0.3 is 10.5 Å². The third-order valence-corrected chi connectivity index (χ3v) is 2.54. The lowest BCUT2D eigenvalue weighted by Gasteiger charge is -2.25. The maximum atomic E-state index is 13.0. The van der Waals surface area contributed by atoms with Crippen molar-refractivity contribution >= 4 is 0 Å². The predicted octanol–water partition coefficient (Wildman–Crippen LogP) is 2.58. The van der Waals surface area contributed by atoms with Gasteiger partial charge in [-0.3, -0.25) is 0 Å². The normalized spacial score (nSPS) is 14.9. The summed E-state index contributed by atoms with van der Waals surface area (Å²) in [5.41, 5.74) is 4.50. The zero-order valence-electron chi connectivity index (χ0n) is 9.08. The molecule has 0 aromatic heterocycles. The van der Waals surface area contributed by atoms with E-state index in [0.717, 1.165) is 0 Å². The molecule has 0 aliphatic heterocycles. The Hall–Kier alpha value is -1.09. The standard InChI is InChI=1S/C11H13FO.CH5N/c12-10-6-1-2-7-11(10)13-8-9-4-3-5-9;1-2/h1-2,6-7,9H,3-5,8H2;2H2,1H3. The molecule has 2 N–H and O–H groups in total. The summed E-state index contributed by atoms with van der Waals surface area (Å²) < 4.78 is 18.4. The average Bonchev–Trinajstić information content (AvgIpc) is 2.21. The molecule has 3 heteroatoms. The molecule has 0 atom stereocenters. The van der Waals surface area contributed by atoms with E-state index in [1.54, 1.807) is 18.2 Å². The van der Waals surface area contributed by atoms with Gasteiger partial charge in [-0.2, -0.15) is 0 Å². The molecular weight excluding hydrogens is 193 g/mol. The van der Waals surface area contributed by atoms with Gasteiger partial charge in [0.05, 0.1) is 6.61 Å². The lowest BCUT2D eigenvalue weighted by atomic mass is 9.86. The van der Waals surface area contributed by atoms with E-state index in [-0.39, 0.29) is 5.82 Å². The molecule has 0 bridgehead atoms. The molecule has 1 aliphatic rings. The van der Waals surface area contributed by atoms with Crippen molar-refractivity contribution in [1.29, 1.82) is 0 Å². The lowest BCUT2D eigenvalue weighted by Crippen LogP contribution is -2.19. The van der Waals surface area contributed by atoms with Crippen LogP contribution in [0.1, 0.15) is 19.3 Å². The minimum Gasteiger partial charge on any atom is -0.490 e. The monoisotopic (exact) mass is 211 g/mol. The van der Waals surface area contributed by atoms with Crippen LogP contribution in [0.2, 0.25) is 0 Å². The fourth-order valence-electron chi connectivity index (χ4n) is 1.43. The van der Waals surface area contributed by atoms with Crippen LogP contribution in [0.3, 0.4) is 0 Å². The molecule has 0 radical (unpaired) electrons. The highest BCUT2D eigenvalue weighted by Gasteiger charge is 2.18. The van der Waals surface area contributed by atoms with Crippen LogP contribution in [-0.4, -0.2) is 13.7 Å². The minimum absolute atomic E-state index is 0.262. The third kappa shape index (κ3) is 3.51. The number of nitrogens with two attached hydrogens (primary N) is 1. The number of rotatable bonds is 3. The largest absolute Gasteiger partial charge is 0.490 e. The maximum Gasteiger partial charge on any atom is 0.165 e. The lowest BCUT2D eigenvalue weighted by molar-refractivity contribution is 0.175. The highest BCUT2D eigenvalue weighted by atomic mass is 19.1. The van der Waals surface area contributed by atoms with Crippen molar-refractivity contribution < 1.29 is 9.13 Å². The molecule has 1 fully saturated rings. The van der Waals surface area contributed by atoms with Crippen molar-refractivity contribution in [3.63, 3.8) is 0 Å². The summed E-state index contributed by atoms with van der Waals surface area (Å²) in [7, 11) is 1.50. The van der Waals surface area contributed by atoms with E-state index in [9.17, 15) is 4.39 Å². The van der Waals surface area contributed by atoms with Gasteiger partial charge >= 0.3 is 0 Å². The number of benzene rings is 1. The van der Waals surface area contributed by atoms with Crippen molar-refractivity contribution in [2.24, 2.45) is 11.7 Å². The first-order valence-electron chi connectivity index (χ1n) is 5.31. The van der Waals surface area contributed by atoms with Crippen molar-refractivity contribution in [3.8, 4) is 5.75 Å². The third-order valence-electron chi connectivity index (χ3n) is 2.54. The van der Waals surface area contributed by atoms with E-state index in [1.165, 1.54) is 32.4 Å². The van der Waals surface area contributed by atoms with E-state index in [0.29, 0.717) is 18.3 Å². The zero-order chi connectivity index (χ0) is 11.1. The zero-order valence-corrected chi connectivity index (χ0v) is 9.08. The first kappa shape index (κ1) is 12.0. The summed E-state index contributed by atoms with van der Waals surface area (Å²) >= 11 is 0. The molecule has 15 heavy (non-hydrogen) atoms. The Bertz CT molecular complexity index is 287. The van der Waals surface area contributed by atoms with Crippen molar-refractivity contribution in [1.82, 2.24) is 0 Å². The second-order valence-electron chi connectivity index (χ2n) is 3.54. The van der Waals surface area contributed by atoms with Crippen LogP contribution in [0.25, 0.3) is 0 Å². The summed E-state index contributed by atoms with van der Waals surface area (Å²) in [6.45, 7) is 0.668. The summed E-state index contributed by atoms with van der Waals surface area (Å²) in [6, 6.07) is 6.56. The molecular formula is C12H18FNO. The average molecular weight is 211 g/mol. The fraction of sp³-hybridized carbons (Fsp3) is 0.500. The quantitative estimate of drug-likeness (QED) is 0.834. The Morgan fingerprint density at radius 3 is 2.53 bits per heavy atom. The van der Waals surface area contributed by atoms with Crippen molar-refractivity contribution in [2.75, 3.05) is 13.7 Å². The molecule has 1 aliphatic carbocycles. The Morgan fingerprint density at radius 1 is 1.33 bits per heavy atom. The molecule has 1 aromatic carbocycles. The molecule has 84 valence electrons. The Balaban J connectivity index is 0.000000531. The fourth-order valence-corrected chi connectivity index (χ4v) is 1.43. The van der Waals surface area contributed by atoms with Gasteiger partial charge in [-0.25, -0.2) is 4.39 Å². The van der Waals surface area contributed by atoms with Crippen LogP contribution in [0.15, 0.2) is 24.3 Å². The van der Waals surface area contributed by atoms with E-state index in [2.05, 4.69) is 5.73 Å². The number of para-hydroxylation sites is 1. The molecule has 0 spiro atoms. The number of hydrogen-bond donors (Lipinski definition) is 1. The van der Waals surface area contributed by atoms with E-state index in [4.69, 9.17) is 4.74 Å². The Kier molecular flexibility index (Phi) is 5.12. The smallest absolute Gasteiger partial charge is 0.165 e. The highest BCUT2D eigenvalue weighted by Crippen LogP contribution is 2.27. The predicted molar refractivity (Wildman–Crippen MR) is 59.3 cm³/mol. The highest BCUT2D eigenvalue weighted by molar-refractivity contribution is 5.23. The van der Waals surface area contributed by atoms with Gasteiger partial charge in [0, 0.05) is 0 Å². The van der Waals surface area contributed by atoms with Crippen LogP contribution in [0, 0.1) is 11.7 Å². The van der Waals surface area contributed by atoms with Gasteiger partial charge in [0.2, 0.25) is 0 Å². The summed E-state index contributed by atoms with van der Waals surface area (Å²) in [5.74, 6) is 0.774.